The highest BCUT2D eigenvalue weighted by Crippen LogP contribution is 2.03. The van der Waals surface area contributed by atoms with Gasteiger partial charge in [0, 0.05) is 24.8 Å². The van der Waals surface area contributed by atoms with E-state index in [2.05, 4.69) is 22.9 Å². The number of anilines is 1. The SMILES string of the molecule is CC[C@@H](C)NC(=O)NCCCNc1ccccc1. The van der Waals surface area contributed by atoms with Crippen molar-refractivity contribution in [2.75, 3.05) is 18.4 Å². The smallest absolute Gasteiger partial charge is 0.314 e. The monoisotopic (exact) mass is 249 g/mol. The van der Waals surface area contributed by atoms with E-state index in [-0.39, 0.29) is 12.1 Å². The molecule has 100 valence electrons. The maximum atomic E-state index is 11.4. The fraction of sp³-hybridized carbons (Fsp3) is 0.500. The quantitative estimate of drug-likeness (QED) is 0.651. The molecule has 0 saturated carbocycles. The van der Waals surface area contributed by atoms with Crippen molar-refractivity contribution in [3.63, 3.8) is 0 Å². The van der Waals surface area contributed by atoms with E-state index < -0.39 is 0 Å². The highest BCUT2D eigenvalue weighted by atomic mass is 16.2. The Labute approximate surface area is 109 Å². The molecule has 3 N–H and O–H groups in total. The third-order valence-electron chi connectivity index (χ3n) is 2.73. The molecule has 0 bridgehead atoms. The number of carbonyl (C=O) groups excluding carboxylic acids is 1. The van der Waals surface area contributed by atoms with Crippen molar-refractivity contribution >= 4 is 11.7 Å². The second-order valence-corrected chi connectivity index (χ2v) is 4.36. The molecule has 1 atom stereocenters. The number of para-hydroxylation sites is 1. The summed E-state index contributed by atoms with van der Waals surface area (Å²) in [5, 5.41) is 9.01. The van der Waals surface area contributed by atoms with Gasteiger partial charge in [-0.05, 0) is 31.9 Å². The molecular formula is C14H23N3O. The Morgan fingerprint density at radius 1 is 1.22 bits per heavy atom. The van der Waals surface area contributed by atoms with Crippen LogP contribution < -0.4 is 16.0 Å². The van der Waals surface area contributed by atoms with E-state index >= 15 is 0 Å². The summed E-state index contributed by atoms with van der Waals surface area (Å²) in [5.74, 6) is 0. The lowest BCUT2D eigenvalue weighted by Crippen LogP contribution is -2.41. The summed E-state index contributed by atoms with van der Waals surface area (Å²) in [5.41, 5.74) is 1.11. The minimum Gasteiger partial charge on any atom is -0.385 e. The molecule has 0 saturated heterocycles. The maximum absolute atomic E-state index is 11.4. The van der Waals surface area contributed by atoms with Crippen LogP contribution in [0.1, 0.15) is 26.7 Å². The summed E-state index contributed by atoms with van der Waals surface area (Å²) < 4.78 is 0. The van der Waals surface area contributed by atoms with Crippen LogP contribution in [0.3, 0.4) is 0 Å². The number of hydrogen-bond acceptors (Lipinski definition) is 2. The average Bonchev–Trinajstić information content (AvgIpc) is 2.39. The predicted octanol–water partition coefficient (Wildman–Crippen LogP) is 2.59. The molecule has 4 nitrogen and oxygen atoms in total. The van der Waals surface area contributed by atoms with Crippen LogP contribution in [-0.2, 0) is 0 Å². The Hall–Kier alpha value is -1.71. The normalized spacial score (nSPS) is 11.7. The number of nitrogens with one attached hydrogen (secondary N) is 3. The lowest BCUT2D eigenvalue weighted by molar-refractivity contribution is 0.237. The molecule has 4 heteroatoms. The second-order valence-electron chi connectivity index (χ2n) is 4.36. The largest absolute Gasteiger partial charge is 0.385 e. The minimum absolute atomic E-state index is 0.0796. The van der Waals surface area contributed by atoms with Crippen molar-refractivity contribution in [2.45, 2.75) is 32.7 Å². The number of rotatable bonds is 7. The van der Waals surface area contributed by atoms with Crippen LogP contribution in [-0.4, -0.2) is 25.2 Å². The van der Waals surface area contributed by atoms with Crippen LogP contribution in [0.15, 0.2) is 30.3 Å². The summed E-state index contributed by atoms with van der Waals surface area (Å²) >= 11 is 0. The van der Waals surface area contributed by atoms with Crippen LogP contribution in [0.5, 0.6) is 0 Å². The molecular weight excluding hydrogens is 226 g/mol. The highest BCUT2D eigenvalue weighted by molar-refractivity contribution is 5.74. The molecule has 0 aliphatic heterocycles. The van der Waals surface area contributed by atoms with Crippen molar-refractivity contribution < 1.29 is 4.79 Å². The number of benzene rings is 1. The number of amides is 2. The van der Waals surface area contributed by atoms with E-state index in [1.807, 2.05) is 37.3 Å². The molecule has 1 rings (SSSR count). The lowest BCUT2D eigenvalue weighted by atomic mass is 10.3. The fourth-order valence-electron chi connectivity index (χ4n) is 1.46. The summed E-state index contributed by atoms with van der Waals surface area (Å²) in [6, 6.07) is 10.2. The van der Waals surface area contributed by atoms with E-state index in [0.717, 1.165) is 25.1 Å². The van der Waals surface area contributed by atoms with Gasteiger partial charge in [0.1, 0.15) is 0 Å². The molecule has 0 aromatic heterocycles. The van der Waals surface area contributed by atoms with E-state index in [1.165, 1.54) is 0 Å². The van der Waals surface area contributed by atoms with Crippen LogP contribution >= 0.6 is 0 Å². The van der Waals surface area contributed by atoms with Gasteiger partial charge >= 0.3 is 6.03 Å². The van der Waals surface area contributed by atoms with Gasteiger partial charge in [-0.2, -0.15) is 0 Å². The van der Waals surface area contributed by atoms with E-state index in [1.54, 1.807) is 0 Å². The Balaban J connectivity index is 2.03. The minimum atomic E-state index is -0.0796. The first kappa shape index (κ1) is 14.4. The predicted molar refractivity (Wildman–Crippen MR) is 75.8 cm³/mol. The van der Waals surface area contributed by atoms with Crippen LogP contribution in [0.4, 0.5) is 10.5 Å². The van der Waals surface area contributed by atoms with E-state index in [4.69, 9.17) is 0 Å². The van der Waals surface area contributed by atoms with Crippen molar-refractivity contribution in [1.82, 2.24) is 10.6 Å². The van der Waals surface area contributed by atoms with Gasteiger partial charge in [-0.15, -0.1) is 0 Å². The zero-order valence-corrected chi connectivity index (χ0v) is 11.2. The number of hydrogen-bond donors (Lipinski definition) is 3. The fourth-order valence-corrected chi connectivity index (χ4v) is 1.46. The summed E-state index contributed by atoms with van der Waals surface area (Å²) in [4.78, 5) is 11.4. The standard InChI is InChI=1S/C14H23N3O/c1-3-12(2)17-14(18)16-11-7-10-15-13-8-5-4-6-9-13/h4-6,8-9,12,15H,3,7,10-11H2,1-2H3,(H2,16,17,18)/t12-/m1/s1. The maximum Gasteiger partial charge on any atom is 0.314 e. The van der Waals surface area contributed by atoms with Gasteiger partial charge in [-0.1, -0.05) is 25.1 Å². The summed E-state index contributed by atoms with van der Waals surface area (Å²) in [7, 11) is 0. The van der Waals surface area contributed by atoms with Gasteiger partial charge in [-0.25, -0.2) is 4.79 Å². The second kappa shape index (κ2) is 8.39. The van der Waals surface area contributed by atoms with Crippen molar-refractivity contribution in [2.24, 2.45) is 0 Å². The van der Waals surface area contributed by atoms with Gasteiger partial charge in [-0.3, -0.25) is 0 Å². The van der Waals surface area contributed by atoms with Gasteiger partial charge in [0.2, 0.25) is 0 Å². The average molecular weight is 249 g/mol. The number of urea groups is 1. The van der Waals surface area contributed by atoms with Crippen molar-refractivity contribution in [3.05, 3.63) is 30.3 Å². The molecule has 1 aromatic carbocycles. The third-order valence-corrected chi connectivity index (χ3v) is 2.73. The van der Waals surface area contributed by atoms with Crippen LogP contribution in [0.2, 0.25) is 0 Å². The number of carbonyl (C=O) groups is 1. The van der Waals surface area contributed by atoms with Crippen molar-refractivity contribution in [1.29, 1.82) is 0 Å². The Bertz CT molecular complexity index is 340. The Morgan fingerprint density at radius 3 is 2.61 bits per heavy atom. The first-order chi connectivity index (χ1) is 8.72. The van der Waals surface area contributed by atoms with Gasteiger partial charge in [0.25, 0.3) is 0 Å². The lowest BCUT2D eigenvalue weighted by Gasteiger charge is -2.12. The zero-order chi connectivity index (χ0) is 13.2. The molecule has 0 heterocycles. The molecule has 0 spiro atoms. The first-order valence-electron chi connectivity index (χ1n) is 6.55. The van der Waals surface area contributed by atoms with Gasteiger partial charge in [0.15, 0.2) is 0 Å². The summed E-state index contributed by atoms with van der Waals surface area (Å²) in [6.07, 6.45) is 1.85. The van der Waals surface area contributed by atoms with E-state index in [9.17, 15) is 4.79 Å². The molecule has 18 heavy (non-hydrogen) atoms. The topological polar surface area (TPSA) is 53.2 Å². The third kappa shape index (κ3) is 6.13. The van der Waals surface area contributed by atoms with Crippen molar-refractivity contribution in [3.8, 4) is 0 Å². The molecule has 2 amide bonds. The zero-order valence-electron chi connectivity index (χ0n) is 11.2. The Kier molecular flexibility index (Phi) is 6.69. The van der Waals surface area contributed by atoms with Crippen LogP contribution in [0, 0.1) is 0 Å². The highest BCUT2D eigenvalue weighted by Gasteiger charge is 2.03. The molecule has 0 aliphatic rings. The Morgan fingerprint density at radius 2 is 1.94 bits per heavy atom. The molecule has 0 aliphatic carbocycles. The van der Waals surface area contributed by atoms with Gasteiger partial charge < -0.3 is 16.0 Å². The van der Waals surface area contributed by atoms with E-state index in [0.29, 0.717) is 6.54 Å². The summed E-state index contributed by atoms with van der Waals surface area (Å²) in [6.45, 7) is 5.58. The van der Waals surface area contributed by atoms with Gasteiger partial charge in [0.05, 0.1) is 0 Å². The van der Waals surface area contributed by atoms with Crippen LogP contribution in [0.25, 0.3) is 0 Å². The molecule has 0 fully saturated rings. The molecule has 1 aromatic rings. The molecule has 0 unspecified atom stereocenters. The first-order valence-corrected chi connectivity index (χ1v) is 6.55. The molecule has 0 radical (unpaired) electrons.